The zero-order valence-corrected chi connectivity index (χ0v) is 20.1. The van der Waals surface area contributed by atoms with Crippen molar-refractivity contribution in [3.8, 4) is 0 Å². The number of ether oxygens (including phenoxy) is 1. The summed E-state index contributed by atoms with van der Waals surface area (Å²) < 4.78 is 9.73. The van der Waals surface area contributed by atoms with E-state index >= 15 is 0 Å². The van der Waals surface area contributed by atoms with Crippen molar-refractivity contribution in [2.75, 3.05) is 31.2 Å². The molecule has 3 aromatic rings. The molecule has 172 valence electrons. The molecular formula is C25H36N6O. The van der Waals surface area contributed by atoms with Gasteiger partial charge >= 0.3 is 0 Å². The van der Waals surface area contributed by atoms with Gasteiger partial charge in [0.2, 0.25) is 0 Å². The molecule has 1 fully saturated rings. The Morgan fingerprint density at radius 2 is 1.69 bits per heavy atom. The standard InChI is InChI=1S/C25H36N6O/c1-18(2)24-23(25(29(5)28-24)30-11-13-32-14-12-30)16-26-15-22-19(3)27-31(20(22)4)17-21-9-7-6-8-10-21/h6-10,18,26H,11-17H2,1-5H3. The Balaban J connectivity index is 1.50. The van der Waals surface area contributed by atoms with Crippen LogP contribution in [0.4, 0.5) is 5.82 Å². The number of anilines is 1. The third kappa shape index (κ3) is 4.74. The second-order valence-corrected chi connectivity index (χ2v) is 8.96. The van der Waals surface area contributed by atoms with Gasteiger partial charge in [-0.3, -0.25) is 9.36 Å². The van der Waals surface area contributed by atoms with Gasteiger partial charge < -0.3 is 15.0 Å². The van der Waals surface area contributed by atoms with Gasteiger partial charge in [0.05, 0.1) is 31.1 Å². The summed E-state index contributed by atoms with van der Waals surface area (Å²) >= 11 is 0. The molecule has 0 aliphatic carbocycles. The topological polar surface area (TPSA) is 60.1 Å². The number of nitrogens with zero attached hydrogens (tertiary/aromatic N) is 5. The number of morpholine rings is 1. The van der Waals surface area contributed by atoms with Crippen LogP contribution in [0.3, 0.4) is 0 Å². The third-order valence-electron chi connectivity index (χ3n) is 6.31. The van der Waals surface area contributed by atoms with Crippen molar-refractivity contribution >= 4 is 5.82 Å². The highest BCUT2D eigenvalue weighted by molar-refractivity contribution is 5.51. The molecule has 0 spiro atoms. The Bertz CT molecular complexity index is 1030. The molecule has 1 aliphatic rings. The lowest BCUT2D eigenvalue weighted by molar-refractivity contribution is 0.122. The predicted molar refractivity (Wildman–Crippen MR) is 128 cm³/mol. The second-order valence-electron chi connectivity index (χ2n) is 8.96. The number of aromatic nitrogens is 4. The minimum atomic E-state index is 0.380. The summed E-state index contributed by atoms with van der Waals surface area (Å²) in [5.74, 6) is 1.60. The lowest BCUT2D eigenvalue weighted by Crippen LogP contribution is -2.38. The van der Waals surface area contributed by atoms with Gasteiger partial charge in [-0.25, -0.2) is 0 Å². The van der Waals surface area contributed by atoms with Crippen LogP contribution >= 0.6 is 0 Å². The smallest absolute Gasteiger partial charge is 0.131 e. The van der Waals surface area contributed by atoms with Crippen LogP contribution in [0, 0.1) is 13.8 Å². The minimum Gasteiger partial charge on any atom is -0.378 e. The van der Waals surface area contributed by atoms with E-state index in [0.29, 0.717) is 5.92 Å². The molecule has 3 heterocycles. The molecule has 0 amide bonds. The van der Waals surface area contributed by atoms with Crippen molar-refractivity contribution in [3.63, 3.8) is 0 Å². The molecule has 4 rings (SSSR count). The van der Waals surface area contributed by atoms with E-state index in [1.807, 2.05) is 4.68 Å². The van der Waals surface area contributed by atoms with E-state index in [-0.39, 0.29) is 0 Å². The quantitative estimate of drug-likeness (QED) is 0.585. The first-order valence-corrected chi connectivity index (χ1v) is 11.6. The predicted octanol–water partition coefficient (Wildman–Crippen LogP) is 3.53. The summed E-state index contributed by atoms with van der Waals surface area (Å²) in [5, 5.41) is 13.4. The van der Waals surface area contributed by atoms with Crippen molar-refractivity contribution in [2.45, 2.75) is 53.2 Å². The molecule has 7 nitrogen and oxygen atoms in total. The fraction of sp³-hybridized carbons (Fsp3) is 0.520. The number of aryl methyl sites for hydroxylation is 2. The lowest BCUT2D eigenvalue weighted by atomic mass is 10.0. The van der Waals surface area contributed by atoms with Crippen LogP contribution in [0.1, 0.15) is 53.5 Å². The lowest BCUT2D eigenvalue weighted by Gasteiger charge is -2.29. The molecular weight excluding hydrogens is 400 g/mol. The Morgan fingerprint density at radius 1 is 1.00 bits per heavy atom. The SMILES string of the molecule is Cc1nn(Cc2ccccc2)c(C)c1CNCc1c(C(C)C)nn(C)c1N1CCOCC1. The van der Waals surface area contributed by atoms with Gasteiger partial charge in [-0.05, 0) is 25.3 Å². The summed E-state index contributed by atoms with van der Waals surface area (Å²) in [4.78, 5) is 2.41. The summed E-state index contributed by atoms with van der Waals surface area (Å²) in [6, 6.07) is 10.5. The van der Waals surface area contributed by atoms with E-state index in [2.05, 4.69) is 80.0 Å². The number of hydrogen-bond donors (Lipinski definition) is 1. The van der Waals surface area contributed by atoms with Crippen molar-refractivity contribution in [1.82, 2.24) is 24.9 Å². The van der Waals surface area contributed by atoms with E-state index in [9.17, 15) is 0 Å². The normalized spacial score (nSPS) is 14.5. The van der Waals surface area contributed by atoms with Gasteiger partial charge in [-0.2, -0.15) is 10.2 Å². The molecule has 1 N–H and O–H groups in total. The average Bonchev–Trinajstić information content (AvgIpc) is 3.26. The van der Waals surface area contributed by atoms with Gasteiger partial charge in [-0.1, -0.05) is 44.2 Å². The molecule has 0 unspecified atom stereocenters. The number of hydrogen-bond acceptors (Lipinski definition) is 5. The molecule has 1 saturated heterocycles. The molecule has 0 atom stereocenters. The number of benzene rings is 1. The first-order valence-electron chi connectivity index (χ1n) is 11.6. The van der Waals surface area contributed by atoms with Crippen LogP contribution in [0.2, 0.25) is 0 Å². The maximum atomic E-state index is 5.57. The Morgan fingerprint density at radius 3 is 2.38 bits per heavy atom. The van der Waals surface area contributed by atoms with Crippen molar-refractivity contribution in [2.24, 2.45) is 7.05 Å². The minimum absolute atomic E-state index is 0.380. The maximum Gasteiger partial charge on any atom is 0.131 e. The van der Waals surface area contributed by atoms with Crippen LogP contribution in [0.25, 0.3) is 0 Å². The van der Waals surface area contributed by atoms with Crippen molar-refractivity contribution in [1.29, 1.82) is 0 Å². The molecule has 0 radical (unpaired) electrons. The number of nitrogens with one attached hydrogen (secondary N) is 1. The average molecular weight is 437 g/mol. The van der Waals surface area contributed by atoms with Gasteiger partial charge in [-0.15, -0.1) is 0 Å². The van der Waals surface area contributed by atoms with E-state index in [4.69, 9.17) is 14.9 Å². The Kier molecular flexibility index (Phi) is 6.96. The Labute approximate surface area is 191 Å². The van der Waals surface area contributed by atoms with Crippen LogP contribution in [-0.4, -0.2) is 45.9 Å². The largest absolute Gasteiger partial charge is 0.378 e. The monoisotopic (exact) mass is 436 g/mol. The first-order chi connectivity index (χ1) is 15.5. The molecule has 1 aliphatic heterocycles. The molecule has 7 heteroatoms. The summed E-state index contributed by atoms with van der Waals surface area (Å²) in [5.41, 5.74) is 7.34. The van der Waals surface area contributed by atoms with Crippen LogP contribution < -0.4 is 10.2 Å². The summed E-state index contributed by atoms with van der Waals surface area (Å²) in [7, 11) is 2.06. The van der Waals surface area contributed by atoms with Crippen LogP contribution in [0.5, 0.6) is 0 Å². The highest BCUT2D eigenvalue weighted by Crippen LogP contribution is 2.29. The molecule has 0 saturated carbocycles. The maximum absolute atomic E-state index is 5.57. The zero-order valence-electron chi connectivity index (χ0n) is 20.1. The van der Waals surface area contributed by atoms with Crippen molar-refractivity contribution < 1.29 is 4.74 Å². The molecule has 32 heavy (non-hydrogen) atoms. The highest BCUT2D eigenvalue weighted by Gasteiger charge is 2.24. The third-order valence-corrected chi connectivity index (χ3v) is 6.31. The molecule has 1 aromatic carbocycles. The van der Waals surface area contributed by atoms with Gasteiger partial charge in [0.1, 0.15) is 5.82 Å². The first kappa shape index (κ1) is 22.6. The fourth-order valence-corrected chi connectivity index (χ4v) is 4.60. The summed E-state index contributed by atoms with van der Waals surface area (Å²) in [6.45, 7) is 14.5. The van der Waals surface area contributed by atoms with E-state index in [1.54, 1.807) is 0 Å². The Hall–Kier alpha value is -2.64. The van der Waals surface area contributed by atoms with Gasteiger partial charge in [0.15, 0.2) is 0 Å². The van der Waals surface area contributed by atoms with Crippen LogP contribution in [-0.2, 0) is 31.4 Å². The number of rotatable bonds is 8. The van der Waals surface area contributed by atoms with Gasteiger partial charge in [0.25, 0.3) is 0 Å². The highest BCUT2D eigenvalue weighted by atomic mass is 16.5. The van der Waals surface area contributed by atoms with E-state index < -0.39 is 0 Å². The van der Waals surface area contributed by atoms with Gasteiger partial charge in [0, 0.05) is 50.0 Å². The molecule has 0 bridgehead atoms. The van der Waals surface area contributed by atoms with Crippen LogP contribution in [0.15, 0.2) is 30.3 Å². The second kappa shape index (κ2) is 9.88. The zero-order chi connectivity index (χ0) is 22.7. The fourth-order valence-electron chi connectivity index (χ4n) is 4.60. The van der Waals surface area contributed by atoms with E-state index in [0.717, 1.165) is 51.6 Å². The molecule has 2 aromatic heterocycles. The van der Waals surface area contributed by atoms with Crippen molar-refractivity contribution in [3.05, 3.63) is 64.1 Å². The van der Waals surface area contributed by atoms with E-state index in [1.165, 1.54) is 33.9 Å². The summed E-state index contributed by atoms with van der Waals surface area (Å²) in [6.07, 6.45) is 0.